The Balaban J connectivity index is 1.64. The highest BCUT2D eigenvalue weighted by molar-refractivity contribution is 7.18. The first-order valence-corrected chi connectivity index (χ1v) is 8.97. The van der Waals surface area contributed by atoms with Gasteiger partial charge in [-0.15, -0.1) is 16.4 Å². The van der Waals surface area contributed by atoms with E-state index < -0.39 is 0 Å². The number of hydrogen-bond donors (Lipinski definition) is 1. The predicted octanol–water partition coefficient (Wildman–Crippen LogP) is 3.65. The summed E-state index contributed by atoms with van der Waals surface area (Å²) in [6.45, 7) is 4.24. The molecule has 7 nitrogen and oxygen atoms in total. The molecule has 0 fully saturated rings. The zero-order valence-corrected chi connectivity index (χ0v) is 15.1. The maximum absolute atomic E-state index is 12.8. The molecule has 130 valence electrons. The van der Waals surface area contributed by atoms with Crippen molar-refractivity contribution in [3.63, 3.8) is 0 Å². The number of aromatic nitrogens is 5. The maximum Gasteiger partial charge on any atom is 0.257 e. The lowest BCUT2D eigenvalue weighted by Gasteiger charge is -2.09. The predicted molar refractivity (Wildman–Crippen MR) is 101 cm³/mol. The van der Waals surface area contributed by atoms with Crippen LogP contribution in [0.2, 0.25) is 0 Å². The summed E-state index contributed by atoms with van der Waals surface area (Å²) in [6.07, 6.45) is 1.46. The molecule has 26 heavy (non-hydrogen) atoms. The smallest absolute Gasteiger partial charge is 0.257 e. The fourth-order valence-electron chi connectivity index (χ4n) is 2.60. The van der Waals surface area contributed by atoms with Crippen molar-refractivity contribution in [1.29, 1.82) is 0 Å². The first kappa shape index (κ1) is 16.3. The van der Waals surface area contributed by atoms with E-state index >= 15 is 0 Å². The Morgan fingerprint density at radius 3 is 2.81 bits per heavy atom. The van der Waals surface area contributed by atoms with Gasteiger partial charge in [0.25, 0.3) is 5.91 Å². The molecular formula is C18H16N6OS. The summed E-state index contributed by atoms with van der Waals surface area (Å²) in [7, 11) is 0. The average Bonchev–Trinajstić information content (AvgIpc) is 3.31. The summed E-state index contributed by atoms with van der Waals surface area (Å²) >= 11 is 1.65. The van der Waals surface area contributed by atoms with Gasteiger partial charge >= 0.3 is 0 Å². The minimum absolute atomic E-state index is 0.218. The number of para-hydroxylation sites is 1. The lowest BCUT2D eigenvalue weighted by atomic mass is 10.1. The number of tetrazole rings is 1. The highest BCUT2D eigenvalue weighted by Crippen LogP contribution is 2.29. The van der Waals surface area contributed by atoms with Crippen LogP contribution in [0.25, 0.3) is 15.9 Å². The molecule has 2 aromatic heterocycles. The van der Waals surface area contributed by atoms with Crippen molar-refractivity contribution in [3.05, 3.63) is 59.4 Å². The van der Waals surface area contributed by atoms with E-state index in [0.717, 1.165) is 20.9 Å². The van der Waals surface area contributed by atoms with Crippen LogP contribution >= 0.6 is 11.3 Å². The molecular weight excluding hydrogens is 348 g/mol. The number of benzene rings is 2. The van der Waals surface area contributed by atoms with Crippen molar-refractivity contribution in [2.24, 2.45) is 0 Å². The molecule has 0 bridgehead atoms. The number of rotatable bonds is 4. The summed E-state index contributed by atoms with van der Waals surface area (Å²) in [6, 6.07) is 12.9. The lowest BCUT2D eigenvalue weighted by Crippen LogP contribution is -2.15. The minimum Gasteiger partial charge on any atom is -0.322 e. The number of fused-ring (bicyclic) bond motifs is 1. The fourth-order valence-corrected chi connectivity index (χ4v) is 3.61. The third-order valence-electron chi connectivity index (χ3n) is 3.90. The van der Waals surface area contributed by atoms with Crippen LogP contribution in [-0.4, -0.2) is 31.1 Å². The Hall–Kier alpha value is -3.13. The Bertz CT molecular complexity index is 1070. The van der Waals surface area contributed by atoms with Gasteiger partial charge in [-0.3, -0.25) is 4.79 Å². The largest absolute Gasteiger partial charge is 0.322 e. The minimum atomic E-state index is -0.218. The van der Waals surface area contributed by atoms with Crippen molar-refractivity contribution in [1.82, 2.24) is 25.2 Å². The van der Waals surface area contributed by atoms with Crippen molar-refractivity contribution in [3.8, 4) is 5.69 Å². The van der Waals surface area contributed by atoms with Gasteiger partial charge in [-0.25, -0.2) is 4.98 Å². The SMILES string of the molecule is CC(C)c1nc2ccc(NC(=O)c3ccccc3-n3cnnn3)cc2s1. The van der Waals surface area contributed by atoms with Gasteiger partial charge in [0.1, 0.15) is 6.33 Å². The number of anilines is 1. The molecule has 4 rings (SSSR count). The number of nitrogens with zero attached hydrogens (tertiary/aromatic N) is 5. The second-order valence-corrected chi connectivity index (χ2v) is 7.18. The molecule has 0 spiro atoms. The molecule has 0 aliphatic carbocycles. The topological polar surface area (TPSA) is 85.6 Å². The molecule has 0 unspecified atom stereocenters. The van der Waals surface area contributed by atoms with Crippen LogP contribution < -0.4 is 5.32 Å². The van der Waals surface area contributed by atoms with Crippen LogP contribution in [-0.2, 0) is 0 Å². The number of carbonyl (C=O) groups is 1. The highest BCUT2D eigenvalue weighted by Gasteiger charge is 2.14. The lowest BCUT2D eigenvalue weighted by molar-refractivity contribution is 0.102. The van der Waals surface area contributed by atoms with Crippen LogP contribution in [0.4, 0.5) is 5.69 Å². The molecule has 2 heterocycles. The normalized spacial score (nSPS) is 11.2. The van der Waals surface area contributed by atoms with Gasteiger partial charge in [-0.2, -0.15) is 4.68 Å². The number of amides is 1. The molecule has 4 aromatic rings. The van der Waals surface area contributed by atoms with E-state index in [1.54, 1.807) is 23.5 Å². The summed E-state index contributed by atoms with van der Waals surface area (Å²) in [5.41, 5.74) is 2.79. The van der Waals surface area contributed by atoms with Crippen molar-refractivity contribution in [2.75, 3.05) is 5.32 Å². The third-order valence-corrected chi connectivity index (χ3v) is 5.22. The van der Waals surface area contributed by atoms with Gasteiger partial charge in [-0.05, 0) is 40.8 Å². The summed E-state index contributed by atoms with van der Waals surface area (Å²) in [5, 5.41) is 15.2. The number of thiazole rings is 1. The first-order valence-electron chi connectivity index (χ1n) is 8.16. The molecule has 0 aliphatic rings. The summed E-state index contributed by atoms with van der Waals surface area (Å²) in [5.74, 6) is 0.164. The van der Waals surface area contributed by atoms with Crippen LogP contribution in [0.15, 0.2) is 48.8 Å². The number of nitrogens with one attached hydrogen (secondary N) is 1. The Morgan fingerprint density at radius 2 is 2.04 bits per heavy atom. The van der Waals surface area contributed by atoms with E-state index in [0.29, 0.717) is 17.2 Å². The van der Waals surface area contributed by atoms with Crippen molar-refractivity contribution >= 4 is 33.1 Å². The van der Waals surface area contributed by atoms with E-state index in [2.05, 4.69) is 39.7 Å². The van der Waals surface area contributed by atoms with Gasteiger partial charge in [0.15, 0.2) is 0 Å². The molecule has 0 aliphatic heterocycles. The van der Waals surface area contributed by atoms with E-state index in [1.807, 2.05) is 30.3 Å². The second-order valence-electron chi connectivity index (χ2n) is 6.11. The van der Waals surface area contributed by atoms with E-state index in [4.69, 9.17) is 0 Å². The van der Waals surface area contributed by atoms with Crippen LogP contribution in [0, 0.1) is 0 Å². The monoisotopic (exact) mass is 364 g/mol. The van der Waals surface area contributed by atoms with Crippen molar-refractivity contribution in [2.45, 2.75) is 19.8 Å². The molecule has 8 heteroatoms. The van der Waals surface area contributed by atoms with Gasteiger partial charge < -0.3 is 5.32 Å². The molecule has 0 saturated heterocycles. The molecule has 0 atom stereocenters. The Morgan fingerprint density at radius 1 is 1.19 bits per heavy atom. The molecule has 1 N–H and O–H groups in total. The zero-order chi connectivity index (χ0) is 18.1. The summed E-state index contributed by atoms with van der Waals surface area (Å²) in [4.78, 5) is 17.4. The number of carbonyl (C=O) groups excluding carboxylic acids is 1. The highest BCUT2D eigenvalue weighted by atomic mass is 32.1. The third kappa shape index (κ3) is 3.06. The van der Waals surface area contributed by atoms with Gasteiger partial charge in [0, 0.05) is 11.6 Å². The zero-order valence-electron chi connectivity index (χ0n) is 14.2. The molecule has 1 amide bonds. The first-order chi connectivity index (χ1) is 12.6. The fraction of sp³-hybridized carbons (Fsp3) is 0.167. The maximum atomic E-state index is 12.8. The van der Waals surface area contributed by atoms with E-state index in [-0.39, 0.29) is 5.91 Å². The quantitative estimate of drug-likeness (QED) is 0.597. The van der Waals surface area contributed by atoms with E-state index in [9.17, 15) is 4.79 Å². The average molecular weight is 364 g/mol. The van der Waals surface area contributed by atoms with Crippen LogP contribution in [0.3, 0.4) is 0 Å². The van der Waals surface area contributed by atoms with Gasteiger partial charge in [0.05, 0.1) is 26.5 Å². The molecule has 0 radical (unpaired) electrons. The van der Waals surface area contributed by atoms with Crippen LogP contribution in [0.1, 0.15) is 35.1 Å². The standard InChI is InChI=1S/C18H16N6OS/c1-11(2)18-21-14-8-7-12(9-16(14)26-18)20-17(25)13-5-3-4-6-15(13)24-10-19-22-23-24/h3-11H,1-2H3,(H,20,25). The van der Waals surface area contributed by atoms with E-state index in [1.165, 1.54) is 11.0 Å². The number of hydrogen-bond acceptors (Lipinski definition) is 6. The van der Waals surface area contributed by atoms with Gasteiger partial charge in [0.2, 0.25) is 0 Å². The Labute approximate surface area is 153 Å². The Kier molecular flexibility index (Phi) is 4.18. The second kappa shape index (κ2) is 6.64. The van der Waals surface area contributed by atoms with Crippen molar-refractivity contribution < 1.29 is 4.79 Å². The van der Waals surface area contributed by atoms with Gasteiger partial charge in [-0.1, -0.05) is 26.0 Å². The molecule has 0 saturated carbocycles. The molecule has 2 aromatic carbocycles. The van der Waals surface area contributed by atoms with Crippen LogP contribution in [0.5, 0.6) is 0 Å². The summed E-state index contributed by atoms with van der Waals surface area (Å²) < 4.78 is 2.52.